The smallest absolute Gasteiger partial charge is 0.408 e. The first-order valence-corrected chi connectivity index (χ1v) is 6.22. The number of carboxylic acid groups (broad SMARTS) is 1. The molecule has 2 atom stereocenters. The first kappa shape index (κ1) is 17.7. The van der Waals surface area contributed by atoms with Gasteiger partial charge >= 0.3 is 12.1 Å². The highest BCUT2D eigenvalue weighted by molar-refractivity contribution is 5.80. The van der Waals surface area contributed by atoms with Crippen LogP contribution >= 0.6 is 0 Å². The van der Waals surface area contributed by atoms with Gasteiger partial charge in [0.05, 0.1) is 11.7 Å². The molecule has 2 N–H and O–H groups in total. The third-order valence-corrected chi connectivity index (χ3v) is 1.95. The molecule has 0 saturated heterocycles. The largest absolute Gasteiger partial charge is 0.480 e. The number of hydrogen-bond donors (Lipinski definition) is 2. The number of nitrogens with one attached hydrogen (secondary N) is 1. The standard InChI is InChI=1S/C13H25NO5/c1-8(18-12(2,3)4)9(10(15)16)14-11(17)19-13(5,6)7/h8-9H,1-7H3,(H,14,17)(H,15,16)/t8-,9?/m0/s1. The molecule has 0 aliphatic heterocycles. The number of rotatable bonds is 4. The maximum absolute atomic E-state index is 11.6. The van der Waals surface area contributed by atoms with Crippen LogP contribution in [0.4, 0.5) is 4.79 Å². The fourth-order valence-corrected chi connectivity index (χ4v) is 1.44. The summed E-state index contributed by atoms with van der Waals surface area (Å²) in [5, 5.41) is 11.4. The molecule has 112 valence electrons. The lowest BCUT2D eigenvalue weighted by Crippen LogP contribution is -2.51. The molecule has 6 nitrogen and oxygen atoms in total. The number of ether oxygens (including phenoxy) is 2. The van der Waals surface area contributed by atoms with Crippen LogP contribution in [0.5, 0.6) is 0 Å². The number of amides is 1. The molecular formula is C13H25NO5. The Labute approximate surface area is 114 Å². The Hall–Kier alpha value is -1.30. The van der Waals surface area contributed by atoms with Crippen molar-refractivity contribution in [2.45, 2.75) is 71.8 Å². The van der Waals surface area contributed by atoms with Crippen LogP contribution in [0.2, 0.25) is 0 Å². The minimum Gasteiger partial charge on any atom is -0.480 e. The molecular weight excluding hydrogens is 250 g/mol. The predicted octanol–water partition coefficient (Wildman–Crippen LogP) is 2.17. The summed E-state index contributed by atoms with van der Waals surface area (Å²) in [6.07, 6.45) is -1.45. The molecule has 0 bridgehead atoms. The predicted molar refractivity (Wildman–Crippen MR) is 71.1 cm³/mol. The van der Waals surface area contributed by atoms with Gasteiger partial charge in [0.15, 0.2) is 6.04 Å². The average Bonchev–Trinajstić information content (AvgIpc) is 2.07. The molecule has 0 spiro atoms. The Bertz CT molecular complexity index is 327. The van der Waals surface area contributed by atoms with Crippen LogP contribution in [0.1, 0.15) is 48.5 Å². The summed E-state index contributed by atoms with van der Waals surface area (Å²) in [5.41, 5.74) is -1.18. The number of carbonyl (C=O) groups is 2. The highest BCUT2D eigenvalue weighted by atomic mass is 16.6. The van der Waals surface area contributed by atoms with Crippen molar-refractivity contribution in [2.24, 2.45) is 0 Å². The summed E-state index contributed by atoms with van der Waals surface area (Å²) < 4.78 is 10.6. The third kappa shape index (κ3) is 8.42. The molecule has 1 unspecified atom stereocenters. The number of aliphatic carboxylic acids is 1. The molecule has 0 fully saturated rings. The fraction of sp³-hybridized carbons (Fsp3) is 0.846. The van der Waals surface area contributed by atoms with E-state index in [1.165, 1.54) is 0 Å². The van der Waals surface area contributed by atoms with Crippen molar-refractivity contribution < 1.29 is 24.2 Å². The zero-order valence-electron chi connectivity index (χ0n) is 12.7. The molecule has 0 aromatic carbocycles. The van der Waals surface area contributed by atoms with E-state index >= 15 is 0 Å². The average molecular weight is 275 g/mol. The van der Waals surface area contributed by atoms with Gasteiger partial charge in [-0.25, -0.2) is 9.59 Å². The van der Waals surface area contributed by atoms with Crippen molar-refractivity contribution >= 4 is 12.1 Å². The summed E-state index contributed by atoms with van der Waals surface area (Å²) in [6.45, 7) is 12.2. The van der Waals surface area contributed by atoms with Gasteiger partial charge in [0, 0.05) is 0 Å². The van der Waals surface area contributed by atoms with Gasteiger partial charge in [-0.05, 0) is 48.5 Å². The number of alkyl carbamates (subject to hydrolysis) is 1. The Morgan fingerprint density at radius 3 is 1.84 bits per heavy atom. The lowest BCUT2D eigenvalue weighted by Gasteiger charge is -2.30. The number of carbonyl (C=O) groups excluding carboxylic acids is 1. The van der Waals surface area contributed by atoms with E-state index in [2.05, 4.69) is 5.32 Å². The molecule has 19 heavy (non-hydrogen) atoms. The van der Waals surface area contributed by atoms with E-state index in [1.54, 1.807) is 27.7 Å². The molecule has 0 aromatic heterocycles. The molecule has 0 saturated carbocycles. The molecule has 6 heteroatoms. The van der Waals surface area contributed by atoms with Gasteiger partial charge in [-0.3, -0.25) is 0 Å². The minimum atomic E-state index is -1.16. The second-order valence-electron chi connectivity index (χ2n) is 6.40. The lowest BCUT2D eigenvalue weighted by molar-refractivity contribution is -0.147. The third-order valence-electron chi connectivity index (χ3n) is 1.95. The zero-order valence-corrected chi connectivity index (χ0v) is 12.7. The van der Waals surface area contributed by atoms with Gasteiger partial charge in [-0.1, -0.05) is 0 Å². The first-order valence-electron chi connectivity index (χ1n) is 6.22. The van der Waals surface area contributed by atoms with E-state index in [1.807, 2.05) is 20.8 Å². The SMILES string of the molecule is C[C@H](OC(C)(C)C)C(NC(=O)OC(C)(C)C)C(=O)O. The van der Waals surface area contributed by atoms with E-state index < -0.39 is 35.4 Å². The molecule has 0 rings (SSSR count). The fourth-order valence-electron chi connectivity index (χ4n) is 1.44. The first-order chi connectivity index (χ1) is 8.32. The Morgan fingerprint density at radius 1 is 1.05 bits per heavy atom. The van der Waals surface area contributed by atoms with Crippen LogP contribution in [0.25, 0.3) is 0 Å². The molecule has 0 aliphatic rings. The van der Waals surface area contributed by atoms with Crippen LogP contribution in [-0.2, 0) is 14.3 Å². The maximum atomic E-state index is 11.6. The van der Waals surface area contributed by atoms with Gasteiger partial charge in [0.25, 0.3) is 0 Å². The van der Waals surface area contributed by atoms with E-state index in [0.29, 0.717) is 0 Å². The monoisotopic (exact) mass is 275 g/mol. The van der Waals surface area contributed by atoms with Gasteiger partial charge in [0.1, 0.15) is 5.60 Å². The van der Waals surface area contributed by atoms with Gasteiger partial charge in [-0.2, -0.15) is 0 Å². The molecule has 0 aromatic rings. The highest BCUT2D eigenvalue weighted by Crippen LogP contribution is 2.14. The summed E-state index contributed by atoms with van der Waals surface area (Å²) in [5.74, 6) is -1.16. The topological polar surface area (TPSA) is 84.9 Å². The summed E-state index contributed by atoms with van der Waals surface area (Å²) in [6, 6.07) is -1.16. The van der Waals surface area contributed by atoms with Crippen molar-refractivity contribution in [3.05, 3.63) is 0 Å². The van der Waals surface area contributed by atoms with E-state index in [0.717, 1.165) is 0 Å². The second kappa shape index (κ2) is 6.23. The molecule has 1 amide bonds. The summed E-state index contributed by atoms with van der Waals surface area (Å²) in [4.78, 5) is 22.8. The zero-order chi connectivity index (χ0) is 15.4. The van der Waals surface area contributed by atoms with Crippen molar-refractivity contribution in [1.29, 1.82) is 0 Å². The minimum absolute atomic E-state index is 0.497. The molecule has 0 heterocycles. The van der Waals surface area contributed by atoms with Gasteiger partial charge in [0.2, 0.25) is 0 Å². The number of carboxylic acids is 1. The van der Waals surface area contributed by atoms with Crippen LogP contribution < -0.4 is 5.32 Å². The maximum Gasteiger partial charge on any atom is 0.408 e. The van der Waals surface area contributed by atoms with E-state index in [4.69, 9.17) is 14.6 Å². The van der Waals surface area contributed by atoms with Crippen LogP contribution in [0.3, 0.4) is 0 Å². The normalized spacial score (nSPS) is 15.5. The van der Waals surface area contributed by atoms with Crippen molar-refractivity contribution in [3.8, 4) is 0 Å². The Kier molecular flexibility index (Phi) is 5.81. The molecule has 0 radical (unpaired) electrons. The van der Waals surface area contributed by atoms with Crippen LogP contribution in [0, 0.1) is 0 Å². The second-order valence-corrected chi connectivity index (χ2v) is 6.40. The Balaban J connectivity index is 4.67. The Morgan fingerprint density at radius 2 is 1.53 bits per heavy atom. The van der Waals surface area contributed by atoms with Crippen LogP contribution in [0.15, 0.2) is 0 Å². The van der Waals surface area contributed by atoms with Crippen LogP contribution in [-0.4, -0.2) is 40.5 Å². The highest BCUT2D eigenvalue weighted by Gasteiger charge is 2.31. The lowest BCUT2D eigenvalue weighted by atomic mass is 10.1. The van der Waals surface area contributed by atoms with E-state index in [-0.39, 0.29) is 0 Å². The van der Waals surface area contributed by atoms with Crippen molar-refractivity contribution in [3.63, 3.8) is 0 Å². The quantitative estimate of drug-likeness (QED) is 0.821. The number of hydrogen-bond acceptors (Lipinski definition) is 4. The van der Waals surface area contributed by atoms with Crippen molar-refractivity contribution in [2.75, 3.05) is 0 Å². The summed E-state index contributed by atoms with van der Waals surface area (Å²) >= 11 is 0. The van der Waals surface area contributed by atoms with Crippen molar-refractivity contribution in [1.82, 2.24) is 5.32 Å². The molecule has 0 aliphatic carbocycles. The van der Waals surface area contributed by atoms with E-state index in [9.17, 15) is 9.59 Å². The van der Waals surface area contributed by atoms with Gasteiger partial charge < -0.3 is 19.9 Å². The van der Waals surface area contributed by atoms with Gasteiger partial charge in [-0.15, -0.1) is 0 Å². The summed E-state index contributed by atoms with van der Waals surface area (Å²) in [7, 11) is 0.